The zero-order valence-electron chi connectivity index (χ0n) is 17.0. The van der Waals surface area contributed by atoms with Crippen LogP contribution in [0, 0.1) is 11.8 Å². The Morgan fingerprint density at radius 3 is 2.03 bits per heavy atom. The number of halogens is 4. The van der Waals surface area contributed by atoms with Crippen LogP contribution in [0.25, 0.3) is 5.57 Å². The maximum absolute atomic E-state index is 13.2. The maximum atomic E-state index is 13.2. The third-order valence-electron chi connectivity index (χ3n) is 5.03. The summed E-state index contributed by atoms with van der Waals surface area (Å²) in [4.78, 5) is 27.4. The molecule has 0 unspecified atom stereocenters. The minimum absolute atomic E-state index is 0.0184. The molecule has 164 valence electrons. The molecule has 0 aliphatic carbocycles. The van der Waals surface area contributed by atoms with Crippen LogP contribution < -0.4 is 0 Å². The van der Waals surface area contributed by atoms with Gasteiger partial charge in [0, 0.05) is 10.6 Å². The first-order valence-electron chi connectivity index (χ1n) is 9.83. The van der Waals surface area contributed by atoms with E-state index in [0.29, 0.717) is 16.1 Å². The summed E-state index contributed by atoms with van der Waals surface area (Å²) in [6.07, 6.45) is -4.51. The SMILES string of the molecule is O=C1C(C#Cc2ccccc2)=C(c2ccc(C(F)(F)F)cc2)C(=O)N1Cc1ccc(Cl)cc1. The predicted octanol–water partition coefficient (Wildman–Crippen LogP) is 5.73. The van der Waals surface area contributed by atoms with Crippen molar-refractivity contribution in [3.8, 4) is 11.8 Å². The van der Waals surface area contributed by atoms with Crippen molar-refractivity contribution in [1.29, 1.82) is 0 Å². The highest BCUT2D eigenvalue weighted by Crippen LogP contribution is 2.34. The molecular weight excluding hydrogens is 451 g/mol. The molecule has 3 aromatic rings. The first kappa shape index (κ1) is 22.4. The molecular formula is C26H15ClF3NO2. The van der Waals surface area contributed by atoms with Crippen molar-refractivity contribution in [2.75, 3.05) is 0 Å². The molecule has 0 bridgehead atoms. The molecule has 33 heavy (non-hydrogen) atoms. The van der Waals surface area contributed by atoms with E-state index < -0.39 is 23.6 Å². The number of hydrogen-bond donors (Lipinski definition) is 0. The van der Waals surface area contributed by atoms with Crippen LogP contribution in [0.15, 0.2) is 84.4 Å². The smallest absolute Gasteiger partial charge is 0.269 e. The Kier molecular flexibility index (Phi) is 6.08. The fraction of sp³-hybridized carbons (Fsp3) is 0.0769. The molecule has 1 aliphatic rings. The van der Waals surface area contributed by atoms with E-state index in [9.17, 15) is 22.8 Å². The third kappa shape index (κ3) is 4.84. The second-order valence-corrected chi connectivity index (χ2v) is 7.70. The normalized spacial score (nSPS) is 13.9. The van der Waals surface area contributed by atoms with Crippen LogP contribution in [0.1, 0.15) is 22.3 Å². The summed E-state index contributed by atoms with van der Waals surface area (Å²) in [6, 6.07) is 19.7. The van der Waals surface area contributed by atoms with Crippen LogP contribution in [-0.2, 0) is 22.3 Å². The van der Waals surface area contributed by atoms with Crippen LogP contribution in [0.3, 0.4) is 0 Å². The van der Waals surface area contributed by atoms with Gasteiger partial charge in [-0.25, -0.2) is 0 Å². The molecule has 0 N–H and O–H groups in total. The van der Waals surface area contributed by atoms with Gasteiger partial charge < -0.3 is 0 Å². The van der Waals surface area contributed by atoms with E-state index in [2.05, 4.69) is 11.8 Å². The average molecular weight is 466 g/mol. The lowest BCUT2D eigenvalue weighted by Gasteiger charge is -2.15. The topological polar surface area (TPSA) is 37.4 Å². The highest BCUT2D eigenvalue weighted by molar-refractivity contribution is 6.37. The van der Waals surface area contributed by atoms with Crippen LogP contribution in [-0.4, -0.2) is 16.7 Å². The Morgan fingerprint density at radius 1 is 0.788 bits per heavy atom. The number of nitrogens with zero attached hydrogens (tertiary/aromatic N) is 1. The number of carbonyl (C=O) groups is 2. The average Bonchev–Trinajstić information content (AvgIpc) is 3.03. The van der Waals surface area contributed by atoms with Crippen molar-refractivity contribution in [3.05, 3.63) is 112 Å². The van der Waals surface area contributed by atoms with Gasteiger partial charge in [-0.3, -0.25) is 14.5 Å². The highest BCUT2D eigenvalue weighted by atomic mass is 35.5. The van der Waals surface area contributed by atoms with Crippen molar-refractivity contribution in [2.45, 2.75) is 12.7 Å². The lowest BCUT2D eigenvalue weighted by molar-refractivity contribution is -0.138. The van der Waals surface area contributed by atoms with E-state index in [1.54, 1.807) is 48.5 Å². The summed E-state index contributed by atoms with van der Waals surface area (Å²) in [5.41, 5.74) is 0.567. The first-order chi connectivity index (χ1) is 15.7. The Hall–Kier alpha value is -3.82. The van der Waals surface area contributed by atoms with Gasteiger partial charge in [0.15, 0.2) is 0 Å². The Bertz CT molecular complexity index is 1300. The van der Waals surface area contributed by atoms with Gasteiger partial charge in [-0.2, -0.15) is 13.2 Å². The number of alkyl halides is 3. The molecule has 0 atom stereocenters. The predicted molar refractivity (Wildman–Crippen MR) is 119 cm³/mol. The summed E-state index contributed by atoms with van der Waals surface area (Å²) in [7, 11) is 0. The molecule has 0 aromatic heterocycles. The molecule has 3 aromatic carbocycles. The zero-order valence-corrected chi connectivity index (χ0v) is 17.7. The molecule has 0 fully saturated rings. The van der Waals surface area contributed by atoms with Crippen LogP contribution in [0.4, 0.5) is 13.2 Å². The lowest BCUT2D eigenvalue weighted by Crippen LogP contribution is -2.31. The molecule has 0 spiro atoms. The number of benzene rings is 3. The fourth-order valence-electron chi connectivity index (χ4n) is 3.36. The van der Waals surface area contributed by atoms with Crippen LogP contribution >= 0.6 is 11.6 Å². The standard InChI is InChI=1S/C26H15ClF3NO2/c27-21-13-6-18(7-14-21)16-31-24(32)22(15-8-17-4-2-1-3-5-17)23(25(31)33)19-9-11-20(12-10-19)26(28,29)30/h1-7,9-14H,16H2. The van der Waals surface area contributed by atoms with Gasteiger partial charge in [0.05, 0.1) is 17.7 Å². The van der Waals surface area contributed by atoms with E-state index in [0.717, 1.165) is 17.0 Å². The van der Waals surface area contributed by atoms with Crippen LogP contribution in [0.2, 0.25) is 5.02 Å². The number of imide groups is 1. The van der Waals surface area contributed by atoms with Gasteiger partial charge in [0.25, 0.3) is 11.8 Å². The lowest BCUT2D eigenvalue weighted by atomic mass is 10.00. The van der Waals surface area contributed by atoms with E-state index in [1.165, 1.54) is 12.1 Å². The molecule has 7 heteroatoms. The van der Waals surface area contributed by atoms with Gasteiger partial charge in [0.2, 0.25) is 0 Å². The Balaban J connectivity index is 1.75. The van der Waals surface area contributed by atoms with Gasteiger partial charge >= 0.3 is 6.18 Å². The molecule has 1 heterocycles. The Labute approximate surface area is 193 Å². The van der Waals surface area contributed by atoms with E-state index >= 15 is 0 Å². The van der Waals surface area contributed by atoms with Crippen molar-refractivity contribution >= 4 is 29.0 Å². The largest absolute Gasteiger partial charge is 0.416 e. The molecule has 0 saturated carbocycles. The number of hydrogen-bond acceptors (Lipinski definition) is 2. The number of amides is 2. The van der Waals surface area contributed by atoms with E-state index in [1.807, 2.05) is 6.07 Å². The fourth-order valence-corrected chi connectivity index (χ4v) is 3.48. The van der Waals surface area contributed by atoms with Gasteiger partial charge in [-0.15, -0.1) is 0 Å². The number of rotatable bonds is 3. The number of carbonyl (C=O) groups excluding carboxylic acids is 2. The summed E-state index contributed by atoms with van der Waals surface area (Å²) in [5.74, 6) is 4.41. The summed E-state index contributed by atoms with van der Waals surface area (Å²) >= 11 is 5.90. The summed E-state index contributed by atoms with van der Waals surface area (Å²) in [5, 5.41) is 0.510. The molecule has 0 saturated heterocycles. The quantitative estimate of drug-likeness (QED) is 0.366. The molecule has 1 aliphatic heterocycles. The second-order valence-electron chi connectivity index (χ2n) is 7.26. The van der Waals surface area contributed by atoms with Crippen molar-refractivity contribution < 1.29 is 22.8 Å². The third-order valence-corrected chi connectivity index (χ3v) is 5.28. The Morgan fingerprint density at radius 2 is 1.42 bits per heavy atom. The summed E-state index contributed by atoms with van der Waals surface area (Å²) < 4.78 is 38.9. The zero-order chi connectivity index (χ0) is 23.6. The van der Waals surface area contributed by atoms with Gasteiger partial charge in [0.1, 0.15) is 5.57 Å². The van der Waals surface area contributed by atoms with Gasteiger partial charge in [-0.1, -0.05) is 65.9 Å². The minimum atomic E-state index is -4.51. The molecule has 2 amide bonds. The second kappa shape index (κ2) is 8.97. The molecule has 0 radical (unpaired) electrons. The molecule has 4 rings (SSSR count). The highest BCUT2D eigenvalue weighted by Gasteiger charge is 2.39. The van der Waals surface area contributed by atoms with Crippen molar-refractivity contribution in [1.82, 2.24) is 4.90 Å². The maximum Gasteiger partial charge on any atom is 0.416 e. The van der Waals surface area contributed by atoms with E-state index in [-0.39, 0.29) is 23.3 Å². The summed E-state index contributed by atoms with van der Waals surface area (Å²) in [6.45, 7) is -0.0184. The van der Waals surface area contributed by atoms with Crippen molar-refractivity contribution in [3.63, 3.8) is 0 Å². The first-order valence-corrected chi connectivity index (χ1v) is 10.2. The van der Waals surface area contributed by atoms with Crippen LogP contribution in [0.5, 0.6) is 0 Å². The molecule has 3 nitrogen and oxygen atoms in total. The monoisotopic (exact) mass is 465 g/mol. The minimum Gasteiger partial charge on any atom is -0.269 e. The van der Waals surface area contributed by atoms with Gasteiger partial charge in [-0.05, 0) is 47.5 Å². The van der Waals surface area contributed by atoms with Crippen molar-refractivity contribution in [2.24, 2.45) is 0 Å². The van der Waals surface area contributed by atoms with E-state index in [4.69, 9.17) is 11.6 Å².